The first-order valence-corrected chi connectivity index (χ1v) is 19.5. The number of allylic oxidation sites excluding steroid dienone is 3. The van der Waals surface area contributed by atoms with Crippen LogP contribution in [0.1, 0.15) is 172 Å². The molecule has 0 spiro atoms. The number of H-pyrrole nitrogens is 2. The first-order chi connectivity index (χ1) is 25.4. The smallest absolute Gasteiger partial charge is 0.305 e. The van der Waals surface area contributed by atoms with Crippen molar-refractivity contribution in [2.75, 3.05) is 20.3 Å². The molecule has 10 nitrogen and oxygen atoms in total. The number of imide groups is 1. The Morgan fingerprint density at radius 2 is 1.60 bits per heavy atom. The topological polar surface area (TPSA) is 130 Å². The van der Waals surface area contributed by atoms with Crippen molar-refractivity contribution in [3.8, 4) is 0 Å². The Bertz CT molecular complexity index is 2080. The molecule has 6 rings (SSSR count). The number of amides is 2. The summed E-state index contributed by atoms with van der Waals surface area (Å²) in [5.74, 6) is -1.24. The first-order valence-electron chi connectivity index (χ1n) is 19.5. The van der Waals surface area contributed by atoms with Gasteiger partial charge in [0.2, 0.25) is 0 Å². The van der Waals surface area contributed by atoms with E-state index in [-0.39, 0.29) is 42.1 Å². The molecule has 8 bridgehead atoms. The maximum absolute atomic E-state index is 14.7. The van der Waals surface area contributed by atoms with E-state index in [0.717, 1.165) is 100 Å². The van der Waals surface area contributed by atoms with Gasteiger partial charge in [-0.1, -0.05) is 47.0 Å². The summed E-state index contributed by atoms with van der Waals surface area (Å²) in [6.07, 6.45) is 5.89. The van der Waals surface area contributed by atoms with Crippen molar-refractivity contribution in [3.63, 3.8) is 0 Å². The van der Waals surface area contributed by atoms with E-state index in [1.54, 1.807) is 0 Å². The number of fused-ring (bicyclic) bond motifs is 8. The molecule has 4 aliphatic heterocycles. The van der Waals surface area contributed by atoms with E-state index in [1.165, 1.54) is 12.0 Å². The van der Waals surface area contributed by atoms with Crippen molar-refractivity contribution in [1.29, 1.82) is 0 Å². The molecule has 3 atom stereocenters. The van der Waals surface area contributed by atoms with Gasteiger partial charge in [0, 0.05) is 53.9 Å². The van der Waals surface area contributed by atoms with Crippen molar-refractivity contribution in [2.24, 2.45) is 0 Å². The van der Waals surface area contributed by atoms with Gasteiger partial charge >= 0.3 is 5.97 Å². The van der Waals surface area contributed by atoms with Crippen LogP contribution in [0.2, 0.25) is 0 Å². The number of unbranched alkanes of at least 4 members (excludes halogenated alkanes) is 3. The molecule has 1 unspecified atom stereocenters. The fourth-order valence-corrected chi connectivity index (χ4v) is 8.34. The highest BCUT2D eigenvalue weighted by molar-refractivity contribution is 6.23. The van der Waals surface area contributed by atoms with Crippen LogP contribution >= 0.6 is 0 Å². The van der Waals surface area contributed by atoms with Crippen molar-refractivity contribution in [3.05, 3.63) is 69.1 Å². The van der Waals surface area contributed by atoms with Crippen LogP contribution in [0.25, 0.3) is 33.3 Å². The van der Waals surface area contributed by atoms with E-state index in [1.807, 2.05) is 13.0 Å². The zero-order chi connectivity index (χ0) is 38.1. The predicted molar refractivity (Wildman–Crippen MR) is 210 cm³/mol. The molecule has 2 aromatic rings. The lowest BCUT2D eigenvalue weighted by Crippen LogP contribution is -2.41. The predicted octanol–water partition coefficient (Wildman–Crippen LogP) is 9.45. The van der Waals surface area contributed by atoms with Gasteiger partial charge in [-0.25, -0.2) is 9.97 Å². The summed E-state index contributed by atoms with van der Waals surface area (Å²) in [5, 5.41) is 0. The largest absolute Gasteiger partial charge is 0.469 e. The van der Waals surface area contributed by atoms with Crippen LogP contribution in [0.4, 0.5) is 0 Å². The number of aromatic nitrogens is 4. The summed E-state index contributed by atoms with van der Waals surface area (Å²) >= 11 is 0. The number of esters is 1. The normalized spacial score (nSPS) is 18.2. The van der Waals surface area contributed by atoms with Crippen molar-refractivity contribution < 1.29 is 23.9 Å². The highest BCUT2D eigenvalue weighted by Crippen LogP contribution is 2.45. The van der Waals surface area contributed by atoms with E-state index in [2.05, 4.69) is 70.6 Å². The highest BCUT2D eigenvalue weighted by Gasteiger charge is 2.40. The molecule has 0 saturated carbocycles. The van der Waals surface area contributed by atoms with Crippen LogP contribution in [0.3, 0.4) is 0 Å². The van der Waals surface area contributed by atoms with E-state index < -0.39 is 0 Å². The van der Waals surface area contributed by atoms with Crippen LogP contribution in [-0.4, -0.2) is 69.0 Å². The summed E-state index contributed by atoms with van der Waals surface area (Å²) in [5.41, 5.74) is 12.1. The van der Waals surface area contributed by atoms with Crippen molar-refractivity contribution >= 4 is 51.1 Å². The molecule has 2 amide bonds. The number of carbonyl (C=O) groups is 3. The number of hydrogen-bond donors (Lipinski definition) is 2. The minimum absolute atomic E-state index is 0.0965. The first kappa shape index (κ1) is 38.2. The molecule has 2 N–H and O–H groups in total. The Labute approximate surface area is 313 Å². The summed E-state index contributed by atoms with van der Waals surface area (Å²) in [6, 6.07) is 6.17. The maximum atomic E-state index is 14.7. The van der Waals surface area contributed by atoms with Gasteiger partial charge in [0.05, 0.1) is 52.6 Å². The Morgan fingerprint density at radius 3 is 2.30 bits per heavy atom. The minimum Gasteiger partial charge on any atom is -0.469 e. The van der Waals surface area contributed by atoms with Gasteiger partial charge in [0.25, 0.3) is 11.8 Å². The molecule has 2 aromatic heterocycles. The van der Waals surface area contributed by atoms with E-state index in [9.17, 15) is 14.4 Å². The molecule has 0 aromatic carbocycles. The number of nitrogens with zero attached hydrogens (tertiary/aromatic N) is 3. The van der Waals surface area contributed by atoms with Gasteiger partial charge < -0.3 is 19.4 Å². The second-order valence-corrected chi connectivity index (χ2v) is 14.8. The molecular formula is C43H55N5O5. The number of ether oxygens (including phenoxy) is 2. The van der Waals surface area contributed by atoms with E-state index in [0.29, 0.717) is 41.9 Å². The zero-order valence-corrected chi connectivity index (χ0v) is 32.9. The van der Waals surface area contributed by atoms with Crippen LogP contribution in [-0.2, 0) is 14.3 Å². The maximum Gasteiger partial charge on any atom is 0.305 e. The second-order valence-electron chi connectivity index (χ2n) is 14.8. The molecule has 0 radical (unpaired) electrons. The summed E-state index contributed by atoms with van der Waals surface area (Å²) < 4.78 is 11.3. The lowest BCUT2D eigenvalue weighted by molar-refractivity contribution is -0.140. The third kappa shape index (κ3) is 6.98. The monoisotopic (exact) mass is 721 g/mol. The Balaban J connectivity index is 1.71. The molecule has 0 fully saturated rings. The van der Waals surface area contributed by atoms with Gasteiger partial charge in [0.1, 0.15) is 0 Å². The fraction of sp³-hybridized carbons (Fsp3) is 0.512. The molecule has 10 heteroatoms. The van der Waals surface area contributed by atoms with Crippen molar-refractivity contribution in [1.82, 2.24) is 24.8 Å². The summed E-state index contributed by atoms with van der Waals surface area (Å²) in [7, 11) is 1.39. The number of nitrogens with one attached hydrogen (secondary N) is 2. The molecule has 53 heavy (non-hydrogen) atoms. The number of aromatic amines is 2. The zero-order valence-electron chi connectivity index (χ0n) is 32.9. The van der Waals surface area contributed by atoms with Crippen LogP contribution < -0.4 is 0 Å². The van der Waals surface area contributed by atoms with E-state index in [4.69, 9.17) is 19.4 Å². The van der Waals surface area contributed by atoms with Crippen LogP contribution in [0, 0.1) is 6.92 Å². The third-order valence-corrected chi connectivity index (χ3v) is 11.5. The highest BCUT2D eigenvalue weighted by atomic mass is 16.5. The molecule has 6 heterocycles. The fourth-order valence-electron chi connectivity index (χ4n) is 8.34. The Kier molecular flexibility index (Phi) is 11.4. The number of rotatable bonds is 13. The third-order valence-electron chi connectivity index (χ3n) is 11.5. The minimum atomic E-state index is -0.325. The quantitative estimate of drug-likeness (QED) is 0.120. The number of carbonyl (C=O) groups excluding carboxylic acids is 3. The van der Waals surface area contributed by atoms with Crippen LogP contribution in [0.15, 0.2) is 18.2 Å². The number of aryl methyl sites for hydroxylation is 1. The van der Waals surface area contributed by atoms with Crippen molar-refractivity contribution in [2.45, 2.75) is 125 Å². The second kappa shape index (κ2) is 15.8. The average Bonchev–Trinajstić information content (AvgIpc) is 3.82. The van der Waals surface area contributed by atoms with Gasteiger partial charge in [-0.3, -0.25) is 19.3 Å². The lowest BCUT2D eigenvalue weighted by atomic mass is 9.84. The molecule has 282 valence electrons. The summed E-state index contributed by atoms with van der Waals surface area (Å²) in [4.78, 5) is 60.6. The Hall–Kier alpha value is -4.57. The van der Waals surface area contributed by atoms with Gasteiger partial charge in [-0.15, -0.1) is 0 Å². The number of hydrogen-bond acceptors (Lipinski definition) is 7. The van der Waals surface area contributed by atoms with Crippen LogP contribution in [0.5, 0.6) is 0 Å². The summed E-state index contributed by atoms with van der Waals surface area (Å²) in [6.45, 7) is 17.7. The SMILES string of the molecule is CCCCCCN1C(=O)c2c3[nH]c(cc4nc(cc5nc(cc6[nH]c2c(c6C)C1=O)C(CC)=C5C)C(C(C)OCCC)=C4C)[C@@H](C)[C@@H]3CCC(=O)OC. The number of methoxy groups -OCH3 is 1. The molecule has 0 aliphatic carbocycles. The van der Waals surface area contributed by atoms with Gasteiger partial charge in [-0.2, -0.15) is 0 Å². The standard InChI is InChI=1S/C43H55N5O5/c1-10-13-14-15-18-48-42(50)38-26(7)33-21-34-28(12-3)23(4)30(44-34)22-35-37(27(8)53-19-11-2)25(6)32(45-35)20-31-24(5)29(16-17-36(49)52-9)40(46-31)39(43(48)51)41(38)47-33/h20-22,24,27,29,46-47H,10-19H2,1-9H3/t24-,27?,29-/m0/s1. The van der Waals surface area contributed by atoms with E-state index >= 15 is 0 Å². The lowest BCUT2D eigenvalue weighted by Gasteiger charge is -2.27. The molecular weight excluding hydrogens is 667 g/mol. The molecule has 0 saturated heterocycles. The average molecular weight is 722 g/mol. The Morgan fingerprint density at radius 1 is 0.887 bits per heavy atom. The molecule has 4 aliphatic rings. The van der Waals surface area contributed by atoms with Gasteiger partial charge in [-0.05, 0) is 93.9 Å². The van der Waals surface area contributed by atoms with Gasteiger partial charge in [0.15, 0.2) is 0 Å².